The summed E-state index contributed by atoms with van der Waals surface area (Å²) in [5, 5.41) is 0. The minimum absolute atomic E-state index is 0.139. The lowest BCUT2D eigenvalue weighted by Gasteiger charge is -2.36. The van der Waals surface area contributed by atoms with Crippen LogP contribution < -0.4 is 4.90 Å². The second-order valence-corrected chi connectivity index (χ2v) is 6.22. The number of anilines is 1. The third-order valence-electron chi connectivity index (χ3n) is 4.03. The maximum absolute atomic E-state index is 12.5. The van der Waals surface area contributed by atoms with E-state index in [4.69, 9.17) is 0 Å². The number of piperazine rings is 1. The van der Waals surface area contributed by atoms with Crippen molar-refractivity contribution in [1.82, 2.24) is 4.90 Å². The van der Waals surface area contributed by atoms with Gasteiger partial charge in [-0.3, -0.25) is 4.79 Å². The fourth-order valence-corrected chi connectivity index (χ4v) is 3.13. The standard InChI is InChI=1S/C18H20N2OS/c1-22-17-9-7-15(8-10-17)18(21)20-13-11-19(12-14-20)16-5-3-2-4-6-16/h2-10H,11-14H2,1H3. The van der Waals surface area contributed by atoms with E-state index in [-0.39, 0.29) is 5.91 Å². The number of carbonyl (C=O) groups excluding carboxylic acids is 1. The second-order valence-electron chi connectivity index (χ2n) is 5.34. The highest BCUT2D eigenvalue weighted by Crippen LogP contribution is 2.18. The Balaban J connectivity index is 1.62. The van der Waals surface area contributed by atoms with Crippen molar-refractivity contribution in [2.45, 2.75) is 4.90 Å². The monoisotopic (exact) mass is 312 g/mol. The topological polar surface area (TPSA) is 23.6 Å². The lowest BCUT2D eigenvalue weighted by Crippen LogP contribution is -2.48. The van der Waals surface area contributed by atoms with Crippen molar-refractivity contribution in [3.63, 3.8) is 0 Å². The van der Waals surface area contributed by atoms with Crippen molar-refractivity contribution in [3.05, 3.63) is 60.2 Å². The average molecular weight is 312 g/mol. The Morgan fingerprint density at radius 2 is 1.55 bits per heavy atom. The number of rotatable bonds is 3. The third-order valence-corrected chi connectivity index (χ3v) is 4.77. The highest BCUT2D eigenvalue weighted by atomic mass is 32.2. The van der Waals surface area contributed by atoms with E-state index in [1.54, 1.807) is 11.8 Å². The maximum atomic E-state index is 12.5. The van der Waals surface area contributed by atoms with Crippen LogP contribution in [0.5, 0.6) is 0 Å². The molecule has 1 heterocycles. The zero-order chi connectivity index (χ0) is 15.4. The molecule has 1 fully saturated rings. The SMILES string of the molecule is CSc1ccc(C(=O)N2CCN(c3ccccc3)CC2)cc1. The van der Waals surface area contributed by atoms with Crippen LogP contribution in [-0.2, 0) is 0 Å². The predicted molar refractivity (Wildman–Crippen MR) is 92.8 cm³/mol. The van der Waals surface area contributed by atoms with Crippen LogP contribution in [0.25, 0.3) is 0 Å². The van der Waals surface area contributed by atoms with Gasteiger partial charge in [0.25, 0.3) is 5.91 Å². The van der Waals surface area contributed by atoms with Crippen molar-refractivity contribution in [3.8, 4) is 0 Å². The molecule has 0 unspecified atom stereocenters. The first kappa shape index (κ1) is 15.0. The van der Waals surface area contributed by atoms with Gasteiger partial charge in [-0.25, -0.2) is 0 Å². The van der Waals surface area contributed by atoms with Gasteiger partial charge in [0.1, 0.15) is 0 Å². The predicted octanol–water partition coefficient (Wildman–Crippen LogP) is 3.37. The molecule has 1 aliphatic rings. The van der Waals surface area contributed by atoms with Gasteiger partial charge < -0.3 is 9.80 Å². The first-order chi connectivity index (χ1) is 10.8. The molecule has 22 heavy (non-hydrogen) atoms. The maximum Gasteiger partial charge on any atom is 0.253 e. The van der Waals surface area contributed by atoms with Crippen molar-refractivity contribution in [2.24, 2.45) is 0 Å². The Morgan fingerprint density at radius 3 is 2.14 bits per heavy atom. The van der Waals surface area contributed by atoms with Crippen LogP contribution in [-0.4, -0.2) is 43.2 Å². The number of amides is 1. The van der Waals surface area contributed by atoms with E-state index in [1.165, 1.54) is 10.6 Å². The van der Waals surface area contributed by atoms with E-state index in [2.05, 4.69) is 29.2 Å². The molecule has 2 aromatic carbocycles. The molecule has 3 nitrogen and oxygen atoms in total. The van der Waals surface area contributed by atoms with E-state index in [9.17, 15) is 4.79 Å². The van der Waals surface area contributed by atoms with Gasteiger partial charge in [0.15, 0.2) is 0 Å². The first-order valence-corrected chi connectivity index (χ1v) is 8.74. The van der Waals surface area contributed by atoms with Gasteiger partial charge in [0, 0.05) is 42.3 Å². The molecule has 0 spiro atoms. The number of para-hydroxylation sites is 1. The summed E-state index contributed by atoms with van der Waals surface area (Å²) < 4.78 is 0. The largest absolute Gasteiger partial charge is 0.368 e. The summed E-state index contributed by atoms with van der Waals surface area (Å²) in [5.41, 5.74) is 2.02. The third kappa shape index (κ3) is 3.28. The highest BCUT2D eigenvalue weighted by Gasteiger charge is 2.22. The molecule has 1 aliphatic heterocycles. The van der Waals surface area contributed by atoms with Crippen molar-refractivity contribution in [1.29, 1.82) is 0 Å². The normalized spacial score (nSPS) is 15.0. The molecule has 0 radical (unpaired) electrons. The van der Waals surface area contributed by atoms with Gasteiger partial charge in [-0.05, 0) is 42.7 Å². The minimum Gasteiger partial charge on any atom is -0.368 e. The van der Waals surface area contributed by atoms with Crippen LogP contribution in [0.4, 0.5) is 5.69 Å². The first-order valence-electron chi connectivity index (χ1n) is 7.51. The summed E-state index contributed by atoms with van der Waals surface area (Å²) >= 11 is 1.69. The Kier molecular flexibility index (Phi) is 4.68. The molecule has 0 aliphatic carbocycles. The molecule has 1 amide bonds. The summed E-state index contributed by atoms with van der Waals surface area (Å²) in [6.07, 6.45) is 2.04. The van der Waals surface area contributed by atoms with Gasteiger partial charge in [-0.2, -0.15) is 0 Å². The van der Waals surface area contributed by atoms with Gasteiger partial charge >= 0.3 is 0 Å². The summed E-state index contributed by atoms with van der Waals surface area (Å²) in [7, 11) is 0. The second kappa shape index (κ2) is 6.88. The number of hydrogen-bond acceptors (Lipinski definition) is 3. The summed E-state index contributed by atoms with van der Waals surface area (Å²) in [6, 6.07) is 18.3. The summed E-state index contributed by atoms with van der Waals surface area (Å²) in [6.45, 7) is 3.33. The fraction of sp³-hybridized carbons (Fsp3) is 0.278. The molecule has 0 bridgehead atoms. The molecular weight excluding hydrogens is 292 g/mol. The Labute approximate surface area is 135 Å². The van der Waals surface area contributed by atoms with Crippen LogP contribution in [0, 0.1) is 0 Å². The zero-order valence-electron chi connectivity index (χ0n) is 12.7. The van der Waals surface area contributed by atoms with Gasteiger partial charge in [-0.15, -0.1) is 11.8 Å². The summed E-state index contributed by atoms with van der Waals surface area (Å²) in [4.78, 5) is 18.0. The summed E-state index contributed by atoms with van der Waals surface area (Å²) in [5.74, 6) is 0.139. The Hall–Kier alpha value is -1.94. The van der Waals surface area contributed by atoms with E-state index < -0.39 is 0 Å². The van der Waals surface area contributed by atoms with E-state index in [0.717, 1.165) is 31.7 Å². The van der Waals surface area contributed by atoms with E-state index >= 15 is 0 Å². The van der Waals surface area contributed by atoms with Crippen molar-refractivity contribution >= 4 is 23.4 Å². The molecule has 4 heteroatoms. The number of hydrogen-bond donors (Lipinski definition) is 0. The van der Waals surface area contributed by atoms with Gasteiger partial charge in [0.05, 0.1) is 0 Å². The zero-order valence-corrected chi connectivity index (χ0v) is 13.6. The minimum atomic E-state index is 0.139. The van der Waals surface area contributed by atoms with Gasteiger partial charge in [-0.1, -0.05) is 18.2 Å². The number of thioether (sulfide) groups is 1. The lowest BCUT2D eigenvalue weighted by molar-refractivity contribution is 0.0746. The molecule has 0 saturated carbocycles. The fourth-order valence-electron chi connectivity index (χ4n) is 2.72. The average Bonchev–Trinajstić information content (AvgIpc) is 2.62. The smallest absolute Gasteiger partial charge is 0.253 e. The van der Waals surface area contributed by atoms with Crippen LogP contribution in [0.2, 0.25) is 0 Å². The van der Waals surface area contributed by atoms with Crippen molar-refractivity contribution < 1.29 is 4.79 Å². The van der Waals surface area contributed by atoms with Crippen LogP contribution in [0.1, 0.15) is 10.4 Å². The molecule has 0 aromatic heterocycles. The van der Waals surface area contributed by atoms with Crippen LogP contribution in [0.15, 0.2) is 59.5 Å². The van der Waals surface area contributed by atoms with Gasteiger partial charge in [0.2, 0.25) is 0 Å². The lowest BCUT2D eigenvalue weighted by atomic mass is 10.1. The number of benzene rings is 2. The van der Waals surface area contributed by atoms with E-state index in [0.29, 0.717) is 0 Å². The van der Waals surface area contributed by atoms with Crippen molar-refractivity contribution in [2.75, 3.05) is 37.3 Å². The molecule has 114 valence electrons. The van der Waals surface area contributed by atoms with E-state index in [1.807, 2.05) is 41.5 Å². The molecular formula is C18H20N2OS. The van der Waals surface area contributed by atoms with Crippen LogP contribution in [0.3, 0.4) is 0 Å². The quantitative estimate of drug-likeness (QED) is 0.812. The molecule has 2 aromatic rings. The number of carbonyl (C=O) groups is 1. The Bertz CT molecular complexity index is 619. The number of nitrogens with zero attached hydrogens (tertiary/aromatic N) is 2. The molecule has 3 rings (SSSR count). The molecule has 0 N–H and O–H groups in total. The Morgan fingerprint density at radius 1 is 0.909 bits per heavy atom. The molecule has 0 atom stereocenters. The highest BCUT2D eigenvalue weighted by molar-refractivity contribution is 7.98. The van der Waals surface area contributed by atoms with Crippen LogP contribution >= 0.6 is 11.8 Å². The molecule has 1 saturated heterocycles.